The molecule has 0 atom stereocenters. The third-order valence-corrected chi connectivity index (χ3v) is 11.3. The summed E-state index contributed by atoms with van der Waals surface area (Å²) in [6.07, 6.45) is 8.74. The van der Waals surface area contributed by atoms with Gasteiger partial charge in [-0.3, -0.25) is 0 Å². The van der Waals surface area contributed by atoms with Crippen molar-refractivity contribution in [3.63, 3.8) is 0 Å². The summed E-state index contributed by atoms with van der Waals surface area (Å²) >= 11 is 2.22. The van der Waals surface area contributed by atoms with Crippen molar-refractivity contribution in [2.24, 2.45) is 5.10 Å². The van der Waals surface area contributed by atoms with Crippen LogP contribution in [0.4, 0.5) is 5.69 Å². The molecule has 0 aliphatic heterocycles. The summed E-state index contributed by atoms with van der Waals surface area (Å²) in [4.78, 5) is 0. The molecule has 0 heterocycles. The van der Waals surface area contributed by atoms with Gasteiger partial charge in [0.25, 0.3) is 0 Å². The van der Waals surface area contributed by atoms with Gasteiger partial charge in [-0.25, -0.2) is 0 Å². The maximum absolute atomic E-state index is 4.49. The molecule has 0 amide bonds. The van der Waals surface area contributed by atoms with E-state index in [1.54, 1.807) is 0 Å². The first-order valence-electron chi connectivity index (χ1n) is 11.7. The molecule has 0 radical (unpaired) electrons. The van der Waals surface area contributed by atoms with E-state index in [0.717, 1.165) is 17.0 Å². The molecule has 0 bridgehead atoms. The van der Waals surface area contributed by atoms with Crippen molar-refractivity contribution < 1.29 is 18.2 Å². The second-order valence-electron chi connectivity index (χ2n) is 7.11. The van der Waals surface area contributed by atoms with Crippen LogP contribution < -0.4 is 0 Å². The fourth-order valence-electron chi connectivity index (χ4n) is 2.86. The number of halogens is 1. The normalized spacial score (nSPS) is 10.3. The van der Waals surface area contributed by atoms with E-state index in [1.807, 2.05) is 67.6 Å². The Bertz CT molecular complexity index is 626. The maximum atomic E-state index is 4.49. The molecule has 0 unspecified atom stereocenters. The van der Waals surface area contributed by atoms with Crippen molar-refractivity contribution in [1.82, 2.24) is 0 Å². The first-order valence-corrected chi connectivity index (χ1v) is 17.9. The van der Waals surface area contributed by atoms with Gasteiger partial charge in [-0.2, -0.15) is 0 Å². The fraction of sp³-hybridized carbons (Fsp3) is 0.500. The van der Waals surface area contributed by atoms with E-state index in [0.29, 0.717) is 0 Å². The van der Waals surface area contributed by atoms with Crippen LogP contribution >= 0.6 is 25.4 Å². The Kier molecular flexibility index (Phi) is 26.8. The Labute approximate surface area is 216 Å². The molecule has 6 heteroatoms. The Balaban J connectivity index is 0. The fourth-order valence-corrected chi connectivity index (χ4v) is 5.86. The molecule has 184 valence electrons. The van der Waals surface area contributed by atoms with E-state index in [-0.39, 0.29) is 15.8 Å². The molecule has 0 aliphatic carbocycles. The van der Waals surface area contributed by atoms with E-state index in [4.69, 9.17) is 0 Å². The van der Waals surface area contributed by atoms with Crippen LogP contribution in [-0.2, 0) is 18.2 Å². The first kappa shape index (κ1) is 33.9. The number of rotatable bonds is 9. The molecule has 2 aromatic carbocycles. The van der Waals surface area contributed by atoms with Crippen LogP contribution in [0.3, 0.4) is 0 Å². The molecule has 0 aromatic heterocycles. The zero-order chi connectivity index (χ0) is 24.6. The van der Waals surface area contributed by atoms with Gasteiger partial charge in [-0.15, -0.1) is 5.69 Å². The van der Waals surface area contributed by atoms with Crippen LogP contribution in [0, 0.1) is 0 Å². The van der Waals surface area contributed by atoms with Crippen LogP contribution in [0.1, 0.15) is 54.0 Å². The molecule has 2 aromatic rings. The molecule has 0 fully saturated rings. The number of benzene rings is 2. The predicted molar refractivity (Wildman–Crippen MR) is 154 cm³/mol. The minimum absolute atomic E-state index is 0.137. The molecule has 0 saturated heterocycles. The molecular weight excluding hydrogens is 544 g/mol. The van der Waals surface area contributed by atoms with Crippen molar-refractivity contribution in [3.05, 3.63) is 71.7 Å². The molecule has 0 N–H and O–H groups in total. The number of hydrogen-bond acceptors (Lipinski definition) is 1. The van der Waals surface area contributed by atoms with Crippen molar-refractivity contribution in [2.45, 2.75) is 48.5 Å². The van der Waals surface area contributed by atoms with Crippen molar-refractivity contribution >= 4 is 36.8 Å². The summed E-state index contributed by atoms with van der Waals surface area (Å²) < 4.78 is 0. The van der Waals surface area contributed by atoms with Crippen LogP contribution in [0.15, 0.2) is 65.8 Å². The second kappa shape index (κ2) is 25.3. The van der Waals surface area contributed by atoms with Gasteiger partial charge in [0, 0.05) is 5.71 Å². The first-order chi connectivity index (χ1) is 15.6. The Morgan fingerprint density at radius 3 is 1.34 bits per heavy atom. The number of nitrogens with zero attached hydrogens (tertiary/aromatic N) is 2. The summed E-state index contributed by atoms with van der Waals surface area (Å²) in [6, 6.07) is 19.8. The molecule has 0 spiro atoms. The zero-order valence-corrected chi connectivity index (χ0v) is 25.4. The summed E-state index contributed by atoms with van der Waals surface area (Å²) in [5.41, 5.74) is 7.06. The van der Waals surface area contributed by atoms with E-state index in [9.17, 15) is 0 Å². The SMILES string of the molecule is C/C(=N\[N-]c1ccccc1)c1ccccc1.CC[PH+](CC)CC.CC[PH+](CC)CC.[Cl][Pd+]. The Hall–Kier alpha value is -0.278. The molecule has 0 aliphatic rings. The summed E-state index contributed by atoms with van der Waals surface area (Å²) in [6.45, 7) is 15.8. The van der Waals surface area contributed by atoms with Gasteiger partial charge in [-0.05, 0) is 69.9 Å². The molecule has 2 nitrogen and oxygen atoms in total. The average Bonchev–Trinajstić information content (AvgIpc) is 2.88. The van der Waals surface area contributed by atoms with Gasteiger partial charge in [0.2, 0.25) is 0 Å². The summed E-state index contributed by atoms with van der Waals surface area (Å²) in [5.74, 6) is 0. The van der Waals surface area contributed by atoms with Gasteiger partial charge in [0.1, 0.15) is 0 Å². The summed E-state index contributed by atoms with van der Waals surface area (Å²) in [5, 5.41) is 4.21. The van der Waals surface area contributed by atoms with E-state index in [1.165, 1.54) is 37.0 Å². The van der Waals surface area contributed by atoms with Gasteiger partial charge in [0.05, 0.1) is 37.0 Å². The van der Waals surface area contributed by atoms with E-state index < -0.39 is 0 Å². The predicted octanol–water partition coefficient (Wildman–Crippen LogP) is 9.32. The van der Waals surface area contributed by atoms with Crippen LogP contribution in [0.2, 0.25) is 0 Å². The zero-order valence-electron chi connectivity index (χ0n) is 21.1. The van der Waals surface area contributed by atoms with Crippen LogP contribution in [-0.4, -0.2) is 42.7 Å². The monoisotopic (exact) mass is 588 g/mol. The quantitative estimate of drug-likeness (QED) is 0.121. The molecule has 0 saturated carbocycles. The topological polar surface area (TPSA) is 26.5 Å². The van der Waals surface area contributed by atoms with Gasteiger partial charge in [-0.1, -0.05) is 60.7 Å². The van der Waals surface area contributed by atoms with Crippen molar-refractivity contribution in [3.8, 4) is 0 Å². The second-order valence-corrected chi connectivity index (χ2v) is 14.4. The number of hydrogen-bond donors (Lipinski definition) is 0. The Morgan fingerprint density at radius 2 is 1.03 bits per heavy atom. The van der Waals surface area contributed by atoms with E-state index >= 15 is 0 Å². The van der Waals surface area contributed by atoms with Crippen molar-refractivity contribution in [2.75, 3.05) is 37.0 Å². The minimum atomic E-state index is 0.137. The van der Waals surface area contributed by atoms with Crippen molar-refractivity contribution in [1.29, 1.82) is 0 Å². The molecule has 2 rings (SSSR count). The Morgan fingerprint density at radius 1 is 0.688 bits per heavy atom. The average molecular weight is 589 g/mol. The molecule has 32 heavy (non-hydrogen) atoms. The van der Waals surface area contributed by atoms with Gasteiger partial charge in [0.15, 0.2) is 0 Å². The third-order valence-electron chi connectivity index (χ3n) is 5.26. The van der Waals surface area contributed by atoms with Gasteiger partial charge >= 0.3 is 27.7 Å². The van der Waals surface area contributed by atoms with E-state index in [2.05, 4.69) is 79.8 Å². The summed E-state index contributed by atoms with van der Waals surface area (Å²) in [7, 11) is 4.76. The van der Waals surface area contributed by atoms with Crippen LogP contribution in [0.25, 0.3) is 5.43 Å². The van der Waals surface area contributed by atoms with Crippen LogP contribution in [0.5, 0.6) is 0 Å². The standard InChI is InChI=1S/C14H13N2.2C6H15P.ClH.Pd/c1-12(13-8-4-2-5-9-13)15-16-14-10-6-3-7-11-14;2*1-4-7(5-2)6-3;;/h2-11H,1H3;2*4-6H2,1-3H3;1H;/q-1;;;;+2/p+1/b15-12+;;;;. The third kappa shape index (κ3) is 18.2. The van der Waals surface area contributed by atoms with Gasteiger partial charge < -0.3 is 10.5 Å². The molecular formula is C26H45ClN2P2Pd+2.